The van der Waals surface area contributed by atoms with Crippen molar-refractivity contribution in [1.29, 1.82) is 0 Å². The molecule has 0 radical (unpaired) electrons. The van der Waals surface area contributed by atoms with Gasteiger partial charge in [-0.3, -0.25) is 4.79 Å². The minimum Gasteiger partial charge on any atom is -0.444 e. The van der Waals surface area contributed by atoms with Gasteiger partial charge in [0.25, 0.3) is 0 Å². The topological polar surface area (TPSA) is 87.2 Å². The Balaban J connectivity index is 1.45. The highest BCUT2D eigenvalue weighted by Gasteiger charge is 2.44. The van der Waals surface area contributed by atoms with Crippen LogP contribution in [0.25, 0.3) is 0 Å². The van der Waals surface area contributed by atoms with Crippen LogP contribution >= 0.6 is 0 Å². The van der Waals surface area contributed by atoms with E-state index in [0.717, 1.165) is 12.8 Å². The quantitative estimate of drug-likeness (QED) is 0.651. The number of sulfonamides is 1. The Bertz CT molecular complexity index is 729. The average molecular weight is 414 g/mol. The van der Waals surface area contributed by atoms with Gasteiger partial charge in [-0.1, -0.05) is 12.2 Å². The van der Waals surface area contributed by atoms with Crippen LogP contribution in [0, 0.1) is 5.92 Å². The highest BCUT2D eigenvalue weighted by atomic mass is 32.2. The second-order valence-corrected chi connectivity index (χ2v) is 11.0. The molecule has 2 aliphatic heterocycles. The van der Waals surface area contributed by atoms with Crippen molar-refractivity contribution in [3.05, 3.63) is 12.2 Å². The van der Waals surface area contributed by atoms with Gasteiger partial charge in [-0.15, -0.1) is 0 Å². The molecule has 0 unspecified atom stereocenters. The molecule has 0 N–H and O–H groups in total. The van der Waals surface area contributed by atoms with E-state index in [-0.39, 0.29) is 32.1 Å². The number of ether oxygens (including phenoxy) is 1. The van der Waals surface area contributed by atoms with Crippen molar-refractivity contribution in [2.45, 2.75) is 50.9 Å². The summed E-state index contributed by atoms with van der Waals surface area (Å²) in [4.78, 5) is 27.6. The molecule has 0 bridgehead atoms. The van der Waals surface area contributed by atoms with Crippen molar-refractivity contribution in [2.75, 3.05) is 39.3 Å². The van der Waals surface area contributed by atoms with Gasteiger partial charge in [0.15, 0.2) is 0 Å². The lowest BCUT2D eigenvalue weighted by molar-refractivity contribution is -0.135. The Morgan fingerprint density at radius 3 is 2.25 bits per heavy atom. The predicted octanol–water partition coefficient (Wildman–Crippen LogP) is 1.44. The third-order valence-electron chi connectivity index (χ3n) is 5.42. The van der Waals surface area contributed by atoms with Gasteiger partial charge in [0.2, 0.25) is 15.9 Å². The summed E-state index contributed by atoms with van der Waals surface area (Å²) in [5, 5.41) is -0.538. The number of allylic oxidation sites excluding steroid dienone is 2. The molecule has 158 valence electrons. The van der Waals surface area contributed by atoms with Gasteiger partial charge >= 0.3 is 6.09 Å². The summed E-state index contributed by atoms with van der Waals surface area (Å²) >= 11 is 0. The molecule has 2 amide bonds. The molecule has 2 saturated heterocycles. The monoisotopic (exact) mass is 413 g/mol. The number of hydrogen-bond donors (Lipinski definition) is 0. The fraction of sp³-hybridized carbons (Fsp3) is 0.789. The van der Waals surface area contributed by atoms with Gasteiger partial charge in [-0.25, -0.2) is 13.2 Å². The number of hydrogen-bond acceptors (Lipinski definition) is 5. The second kappa shape index (κ2) is 8.02. The van der Waals surface area contributed by atoms with Gasteiger partial charge in [-0.2, -0.15) is 4.31 Å². The number of rotatable bonds is 4. The van der Waals surface area contributed by atoms with E-state index in [2.05, 4.69) is 12.2 Å². The smallest absolute Gasteiger partial charge is 0.410 e. The summed E-state index contributed by atoms with van der Waals surface area (Å²) in [5.74, 6) is 0.335. The number of carbonyl (C=O) groups is 2. The maximum atomic E-state index is 12.8. The van der Waals surface area contributed by atoms with Crippen LogP contribution in [0.15, 0.2) is 12.2 Å². The number of nitrogens with zero attached hydrogens (tertiary/aromatic N) is 3. The molecule has 9 heteroatoms. The Labute approximate surface area is 167 Å². The zero-order valence-electron chi connectivity index (χ0n) is 17.0. The lowest BCUT2D eigenvalue weighted by atomic mass is 10.0. The predicted molar refractivity (Wildman–Crippen MR) is 105 cm³/mol. The fourth-order valence-electron chi connectivity index (χ4n) is 3.71. The number of piperazine rings is 1. The molecule has 8 nitrogen and oxygen atoms in total. The van der Waals surface area contributed by atoms with Crippen LogP contribution in [0.2, 0.25) is 0 Å². The Morgan fingerprint density at radius 2 is 1.71 bits per heavy atom. The van der Waals surface area contributed by atoms with E-state index in [1.54, 1.807) is 30.6 Å². The van der Waals surface area contributed by atoms with Crippen LogP contribution in [0.3, 0.4) is 0 Å². The zero-order chi connectivity index (χ0) is 20.5. The summed E-state index contributed by atoms with van der Waals surface area (Å²) in [6.07, 6.45) is 6.26. The summed E-state index contributed by atoms with van der Waals surface area (Å²) in [6, 6.07) is 0. The van der Waals surface area contributed by atoms with Gasteiger partial charge in [0, 0.05) is 45.7 Å². The van der Waals surface area contributed by atoms with Crippen molar-refractivity contribution < 1.29 is 22.7 Å². The van der Waals surface area contributed by atoms with E-state index in [1.807, 2.05) is 0 Å². The highest BCUT2D eigenvalue weighted by molar-refractivity contribution is 7.89. The third-order valence-corrected chi connectivity index (χ3v) is 7.65. The second-order valence-electron chi connectivity index (χ2n) is 8.80. The van der Waals surface area contributed by atoms with Crippen molar-refractivity contribution in [3.8, 4) is 0 Å². The van der Waals surface area contributed by atoms with Crippen molar-refractivity contribution in [3.63, 3.8) is 0 Å². The zero-order valence-corrected chi connectivity index (χ0v) is 17.8. The van der Waals surface area contributed by atoms with Gasteiger partial charge < -0.3 is 14.5 Å². The van der Waals surface area contributed by atoms with Crippen LogP contribution in [0.5, 0.6) is 0 Å². The normalized spacial score (nSPS) is 24.3. The van der Waals surface area contributed by atoms with Crippen LogP contribution < -0.4 is 0 Å². The SMILES string of the molecule is CC(C)(C)OC(=O)N1CCN(S(=O)(=O)C2CN(C(=O)C[C@@H]3C=CCC3)C2)CC1. The summed E-state index contributed by atoms with van der Waals surface area (Å²) in [5.41, 5.74) is -0.573. The van der Waals surface area contributed by atoms with Gasteiger partial charge in [-0.05, 0) is 39.5 Å². The molecule has 2 fully saturated rings. The molecular formula is C19H31N3O5S. The van der Waals surface area contributed by atoms with Crippen LogP contribution in [-0.4, -0.2) is 84.6 Å². The number of likely N-dealkylation sites (tertiary alicyclic amines) is 1. The average Bonchev–Trinajstić information content (AvgIpc) is 3.04. The van der Waals surface area contributed by atoms with E-state index in [0.29, 0.717) is 25.4 Å². The first-order valence-electron chi connectivity index (χ1n) is 9.97. The first-order valence-corrected chi connectivity index (χ1v) is 11.5. The Morgan fingerprint density at radius 1 is 1.07 bits per heavy atom. The lowest BCUT2D eigenvalue weighted by Crippen LogP contribution is -2.62. The molecule has 1 aliphatic carbocycles. The fourth-order valence-corrected chi connectivity index (χ4v) is 5.54. The van der Waals surface area contributed by atoms with Crippen molar-refractivity contribution >= 4 is 22.0 Å². The van der Waals surface area contributed by atoms with Gasteiger partial charge in [0.05, 0.1) is 0 Å². The molecule has 28 heavy (non-hydrogen) atoms. The van der Waals surface area contributed by atoms with E-state index >= 15 is 0 Å². The summed E-state index contributed by atoms with van der Waals surface area (Å²) in [6.45, 7) is 7.11. The van der Waals surface area contributed by atoms with E-state index in [1.165, 1.54) is 4.31 Å². The Kier molecular flexibility index (Phi) is 6.05. The molecule has 2 heterocycles. The molecule has 0 aromatic rings. The summed E-state index contributed by atoms with van der Waals surface area (Å²) < 4.78 is 32.4. The first kappa shape index (κ1) is 21.1. The molecule has 1 atom stereocenters. The van der Waals surface area contributed by atoms with E-state index < -0.39 is 27.0 Å². The first-order chi connectivity index (χ1) is 13.1. The maximum Gasteiger partial charge on any atom is 0.410 e. The molecular weight excluding hydrogens is 382 g/mol. The molecule has 3 rings (SSSR count). The van der Waals surface area contributed by atoms with Crippen molar-refractivity contribution in [2.24, 2.45) is 5.92 Å². The molecule has 0 saturated carbocycles. The van der Waals surface area contributed by atoms with Crippen molar-refractivity contribution in [1.82, 2.24) is 14.1 Å². The van der Waals surface area contributed by atoms with E-state index in [9.17, 15) is 18.0 Å². The maximum absolute atomic E-state index is 12.8. The standard InChI is InChI=1S/C19H31N3O5S/c1-19(2,3)27-18(24)20-8-10-22(11-9-20)28(25,26)16-13-21(14-16)17(23)12-15-6-4-5-7-15/h4,6,15-16H,5,7-14H2,1-3H3/t15-/m1/s1. The summed E-state index contributed by atoms with van der Waals surface area (Å²) in [7, 11) is -3.46. The highest BCUT2D eigenvalue weighted by Crippen LogP contribution is 2.26. The minimum absolute atomic E-state index is 0.0396. The van der Waals surface area contributed by atoms with Crippen LogP contribution in [0.1, 0.15) is 40.0 Å². The van der Waals surface area contributed by atoms with Gasteiger partial charge in [0.1, 0.15) is 10.9 Å². The molecule has 0 spiro atoms. The molecule has 0 aromatic carbocycles. The molecule has 3 aliphatic rings. The van der Waals surface area contributed by atoms with Crippen LogP contribution in [-0.2, 0) is 19.6 Å². The minimum atomic E-state index is -3.46. The van der Waals surface area contributed by atoms with E-state index in [4.69, 9.17) is 4.74 Å². The number of amides is 2. The number of carbonyl (C=O) groups excluding carboxylic acids is 2. The lowest BCUT2D eigenvalue weighted by Gasteiger charge is -2.43. The molecule has 0 aromatic heterocycles. The third kappa shape index (κ3) is 4.86. The van der Waals surface area contributed by atoms with Crippen LogP contribution in [0.4, 0.5) is 4.79 Å². The largest absolute Gasteiger partial charge is 0.444 e. The Hall–Kier alpha value is -1.61.